The van der Waals surface area contributed by atoms with Crippen molar-refractivity contribution in [3.8, 4) is 23.0 Å². The molecular formula is C26H20N2O2S. The third-order valence-electron chi connectivity index (χ3n) is 5.43. The number of alkyl carbamates (subject to hydrolysis) is 1. The molecule has 0 saturated heterocycles. The largest absolute Gasteiger partial charge is 0.449 e. The van der Waals surface area contributed by atoms with Crippen LogP contribution < -0.4 is 5.32 Å². The van der Waals surface area contributed by atoms with Crippen molar-refractivity contribution in [3.05, 3.63) is 88.9 Å². The van der Waals surface area contributed by atoms with Crippen LogP contribution in [0.15, 0.2) is 72.2 Å². The molecule has 5 heteroatoms. The number of carbonyl (C=O) groups is 1. The molecule has 5 rings (SSSR count). The number of carbonyl (C=O) groups excluding carboxylic acids is 1. The van der Waals surface area contributed by atoms with E-state index in [2.05, 4.69) is 46.4 Å². The Labute approximate surface area is 184 Å². The topological polar surface area (TPSA) is 51.2 Å². The van der Waals surface area contributed by atoms with Gasteiger partial charge in [0.15, 0.2) is 0 Å². The van der Waals surface area contributed by atoms with Gasteiger partial charge in [-0.3, -0.25) is 0 Å². The molecule has 1 aliphatic carbocycles. The number of hydrogen-bond acceptors (Lipinski definition) is 4. The zero-order valence-corrected chi connectivity index (χ0v) is 17.6. The minimum atomic E-state index is -0.410. The quantitative estimate of drug-likeness (QED) is 0.344. The third-order valence-corrected chi connectivity index (χ3v) is 6.24. The summed E-state index contributed by atoms with van der Waals surface area (Å²) in [5.74, 6) is 6.28. The second-order valence-electron chi connectivity index (χ2n) is 7.34. The van der Waals surface area contributed by atoms with Crippen molar-refractivity contribution in [1.29, 1.82) is 0 Å². The lowest BCUT2D eigenvalue weighted by Crippen LogP contribution is -2.26. The molecule has 3 aromatic carbocycles. The van der Waals surface area contributed by atoms with Crippen LogP contribution in [0.4, 0.5) is 4.79 Å². The zero-order chi connectivity index (χ0) is 21.0. The fourth-order valence-corrected chi connectivity index (χ4v) is 4.64. The van der Waals surface area contributed by atoms with Crippen LogP contribution in [-0.4, -0.2) is 24.2 Å². The van der Waals surface area contributed by atoms with Crippen LogP contribution in [0.1, 0.15) is 29.0 Å². The van der Waals surface area contributed by atoms with Crippen LogP contribution >= 0.6 is 11.3 Å². The molecule has 1 heterocycles. The highest BCUT2D eigenvalue weighted by Crippen LogP contribution is 2.44. The fourth-order valence-electron chi connectivity index (χ4n) is 3.98. The molecule has 0 atom stereocenters. The summed E-state index contributed by atoms with van der Waals surface area (Å²) in [4.78, 5) is 16.5. The van der Waals surface area contributed by atoms with Crippen molar-refractivity contribution in [2.45, 2.75) is 12.3 Å². The van der Waals surface area contributed by atoms with E-state index < -0.39 is 6.09 Å². The van der Waals surface area contributed by atoms with Gasteiger partial charge < -0.3 is 10.1 Å². The highest BCUT2D eigenvalue weighted by atomic mass is 32.1. The molecule has 1 amide bonds. The lowest BCUT2D eigenvalue weighted by Gasteiger charge is -2.14. The average molecular weight is 425 g/mol. The summed E-state index contributed by atoms with van der Waals surface area (Å²) in [6, 6.07) is 22.6. The van der Waals surface area contributed by atoms with E-state index in [0.29, 0.717) is 19.6 Å². The molecule has 4 aromatic rings. The van der Waals surface area contributed by atoms with Gasteiger partial charge in [0.25, 0.3) is 0 Å². The minimum Gasteiger partial charge on any atom is -0.449 e. The molecular weight excluding hydrogens is 404 g/mol. The van der Waals surface area contributed by atoms with Gasteiger partial charge in [-0.2, -0.15) is 0 Å². The van der Waals surface area contributed by atoms with Crippen molar-refractivity contribution >= 4 is 27.6 Å². The Balaban J connectivity index is 1.14. The maximum Gasteiger partial charge on any atom is 0.407 e. The van der Waals surface area contributed by atoms with Gasteiger partial charge in [-0.25, -0.2) is 9.78 Å². The molecule has 0 radical (unpaired) electrons. The number of hydrogen-bond donors (Lipinski definition) is 1. The first-order valence-corrected chi connectivity index (χ1v) is 11.1. The van der Waals surface area contributed by atoms with Gasteiger partial charge in [-0.05, 0) is 40.5 Å². The number of nitrogens with one attached hydrogen (secondary N) is 1. The van der Waals surface area contributed by atoms with Crippen LogP contribution in [0.25, 0.3) is 21.3 Å². The van der Waals surface area contributed by atoms with E-state index in [4.69, 9.17) is 4.74 Å². The van der Waals surface area contributed by atoms with E-state index in [1.165, 1.54) is 22.3 Å². The maximum atomic E-state index is 12.2. The van der Waals surface area contributed by atoms with E-state index in [1.54, 1.807) is 11.3 Å². The maximum absolute atomic E-state index is 12.2. The first kappa shape index (κ1) is 19.3. The SMILES string of the molecule is O=C(NCCC#Cc1ccc2scnc2c1)OCC1c2ccccc2-c2ccccc21. The van der Waals surface area contributed by atoms with Gasteiger partial charge in [0.2, 0.25) is 0 Å². The van der Waals surface area contributed by atoms with Crippen molar-refractivity contribution in [2.24, 2.45) is 0 Å². The third kappa shape index (κ3) is 4.03. The van der Waals surface area contributed by atoms with Gasteiger partial charge in [0.05, 0.1) is 15.7 Å². The number of rotatable bonds is 4. The highest BCUT2D eigenvalue weighted by Gasteiger charge is 2.28. The molecule has 0 spiro atoms. The summed E-state index contributed by atoms with van der Waals surface area (Å²) in [5, 5.41) is 2.79. The van der Waals surface area contributed by atoms with Crippen molar-refractivity contribution < 1.29 is 9.53 Å². The molecule has 1 aromatic heterocycles. The number of benzene rings is 3. The molecule has 0 saturated carbocycles. The summed E-state index contributed by atoms with van der Waals surface area (Å²) < 4.78 is 6.69. The summed E-state index contributed by atoms with van der Waals surface area (Å²) in [6.07, 6.45) is 0.145. The van der Waals surface area contributed by atoms with E-state index in [1.807, 2.05) is 48.0 Å². The number of aromatic nitrogens is 1. The van der Waals surface area contributed by atoms with E-state index in [0.717, 1.165) is 15.8 Å². The van der Waals surface area contributed by atoms with Crippen molar-refractivity contribution in [1.82, 2.24) is 10.3 Å². The van der Waals surface area contributed by atoms with Crippen LogP contribution in [0.5, 0.6) is 0 Å². The number of thiazole rings is 1. The Hall–Kier alpha value is -3.62. The zero-order valence-electron chi connectivity index (χ0n) is 16.8. The van der Waals surface area contributed by atoms with E-state index >= 15 is 0 Å². The van der Waals surface area contributed by atoms with Gasteiger partial charge in [-0.1, -0.05) is 60.4 Å². The lowest BCUT2D eigenvalue weighted by atomic mass is 9.98. The number of fused-ring (bicyclic) bond motifs is 4. The van der Waals surface area contributed by atoms with Gasteiger partial charge in [0, 0.05) is 24.4 Å². The van der Waals surface area contributed by atoms with Crippen LogP contribution in [0.3, 0.4) is 0 Å². The fraction of sp³-hybridized carbons (Fsp3) is 0.154. The molecule has 31 heavy (non-hydrogen) atoms. The number of ether oxygens (including phenoxy) is 1. The molecule has 4 nitrogen and oxygen atoms in total. The van der Waals surface area contributed by atoms with E-state index in [-0.39, 0.29) is 5.92 Å². The monoisotopic (exact) mass is 424 g/mol. The minimum absolute atomic E-state index is 0.0681. The highest BCUT2D eigenvalue weighted by molar-refractivity contribution is 7.16. The molecule has 0 fully saturated rings. The summed E-state index contributed by atoms with van der Waals surface area (Å²) >= 11 is 1.62. The Kier molecular flexibility index (Phi) is 5.39. The molecule has 1 N–H and O–H groups in total. The predicted octanol–water partition coefficient (Wildman–Crippen LogP) is 5.58. The second kappa shape index (κ2) is 8.63. The van der Waals surface area contributed by atoms with Crippen molar-refractivity contribution in [2.75, 3.05) is 13.2 Å². The smallest absolute Gasteiger partial charge is 0.407 e. The van der Waals surface area contributed by atoms with Crippen LogP contribution in [-0.2, 0) is 4.74 Å². The molecule has 1 aliphatic rings. The summed E-state index contributed by atoms with van der Waals surface area (Å²) in [7, 11) is 0. The predicted molar refractivity (Wildman–Crippen MR) is 124 cm³/mol. The Bertz CT molecular complexity index is 1270. The Morgan fingerprint density at radius 1 is 1.03 bits per heavy atom. The van der Waals surface area contributed by atoms with Gasteiger partial charge >= 0.3 is 6.09 Å². The molecule has 152 valence electrons. The van der Waals surface area contributed by atoms with Gasteiger partial charge in [0.1, 0.15) is 6.61 Å². The normalized spacial score (nSPS) is 12.0. The Morgan fingerprint density at radius 2 is 1.77 bits per heavy atom. The van der Waals surface area contributed by atoms with Crippen LogP contribution in [0, 0.1) is 11.8 Å². The Morgan fingerprint density at radius 3 is 2.55 bits per heavy atom. The summed E-state index contributed by atoms with van der Waals surface area (Å²) in [6.45, 7) is 0.766. The van der Waals surface area contributed by atoms with Crippen molar-refractivity contribution in [3.63, 3.8) is 0 Å². The van der Waals surface area contributed by atoms with E-state index in [9.17, 15) is 4.79 Å². The lowest BCUT2D eigenvalue weighted by molar-refractivity contribution is 0.143. The molecule has 0 bridgehead atoms. The number of amides is 1. The molecule has 0 aliphatic heterocycles. The summed E-state index contributed by atoms with van der Waals surface area (Å²) in [5.41, 5.74) is 8.59. The first-order chi connectivity index (χ1) is 15.3. The van der Waals surface area contributed by atoms with Gasteiger partial charge in [-0.15, -0.1) is 11.3 Å². The first-order valence-electron chi connectivity index (χ1n) is 10.2. The number of nitrogens with zero attached hydrogens (tertiary/aromatic N) is 1. The average Bonchev–Trinajstić information content (AvgIpc) is 3.40. The molecule has 0 unspecified atom stereocenters. The standard InChI is InChI=1S/C26H20N2O2S/c29-26(27-14-6-5-7-18-12-13-25-24(15-18)28-17-31-25)30-16-23-21-10-3-1-8-19(21)20-9-2-4-11-22(20)23/h1-4,8-13,15,17,23H,6,14,16H2,(H,27,29). The second-order valence-corrected chi connectivity index (χ2v) is 8.23. The van der Waals surface area contributed by atoms with Crippen LogP contribution in [0.2, 0.25) is 0 Å².